The van der Waals surface area contributed by atoms with E-state index in [0.717, 1.165) is 12.8 Å². The van der Waals surface area contributed by atoms with Crippen molar-refractivity contribution in [3.05, 3.63) is 56.0 Å². The summed E-state index contributed by atoms with van der Waals surface area (Å²) < 4.78 is 1.46. The Balaban J connectivity index is 0. The van der Waals surface area contributed by atoms with Crippen LogP contribution in [0.3, 0.4) is 0 Å². The van der Waals surface area contributed by atoms with Gasteiger partial charge in [0.25, 0.3) is 0 Å². The van der Waals surface area contributed by atoms with Gasteiger partial charge < -0.3 is 37.2 Å². The Hall–Kier alpha value is 0.284. The molecular weight excluding hydrogens is 334 g/mol. The molecule has 0 spiro atoms. The average Bonchev–Trinajstić information content (AvgIpc) is 2.57. The van der Waals surface area contributed by atoms with Crippen LogP contribution < -0.4 is 37.2 Å². The third kappa shape index (κ3) is 5.29. The fourth-order valence-corrected chi connectivity index (χ4v) is 2.90. The fraction of sp³-hybridized carbons (Fsp3) is 0.333. The van der Waals surface area contributed by atoms with Crippen LogP contribution in [0.4, 0.5) is 0 Å². The summed E-state index contributed by atoms with van der Waals surface area (Å²) in [5.74, 6) is 0. The van der Waals surface area contributed by atoms with E-state index in [-0.39, 0.29) is 37.2 Å². The monoisotopic (exact) mass is 350 g/mol. The van der Waals surface area contributed by atoms with Gasteiger partial charge in [-0.3, -0.25) is 0 Å². The van der Waals surface area contributed by atoms with E-state index in [0.29, 0.717) is 0 Å². The van der Waals surface area contributed by atoms with Crippen molar-refractivity contribution < 1.29 is 57.7 Å². The van der Waals surface area contributed by atoms with Gasteiger partial charge in [0.05, 0.1) is 0 Å². The van der Waals surface area contributed by atoms with Gasteiger partial charge >= 0.3 is 110 Å². The Kier molecular flexibility index (Phi) is 10.5. The second-order valence-corrected chi connectivity index (χ2v) is 5.52. The van der Waals surface area contributed by atoms with Gasteiger partial charge in [0.2, 0.25) is 0 Å². The maximum atomic E-state index is 2.29. The predicted molar refractivity (Wildman–Crippen MR) is 65.1 cm³/mol. The third-order valence-electron chi connectivity index (χ3n) is 3.26. The van der Waals surface area contributed by atoms with E-state index in [2.05, 4.69) is 65.5 Å². The molecule has 0 fully saturated rings. The van der Waals surface area contributed by atoms with Gasteiger partial charge in [-0.1, -0.05) is 0 Å². The van der Waals surface area contributed by atoms with Gasteiger partial charge in [-0.25, -0.2) is 0 Å². The van der Waals surface area contributed by atoms with Crippen molar-refractivity contribution >= 4 is 0 Å². The molecule has 0 saturated heterocycles. The minimum atomic E-state index is 0. The molecule has 19 heavy (non-hydrogen) atoms. The standard InChI is InChI=1S/C15H17.3ClH.Ti/c1-11-8-12(2)15(13(3)9-11)10-14-6-4-5-7-14;;;;/h4-5,8-9H,6,10H2,1-3H3;3*1H;/q;;;;+3/p-3. The third-order valence-corrected chi connectivity index (χ3v) is 4.07. The van der Waals surface area contributed by atoms with Gasteiger partial charge in [-0.2, -0.15) is 0 Å². The van der Waals surface area contributed by atoms with Gasteiger partial charge in [0.15, 0.2) is 0 Å². The molecule has 0 heterocycles. The topological polar surface area (TPSA) is 0 Å². The van der Waals surface area contributed by atoms with Crippen molar-refractivity contribution in [3.8, 4) is 0 Å². The summed E-state index contributed by atoms with van der Waals surface area (Å²) in [6, 6.07) is 4.58. The summed E-state index contributed by atoms with van der Waals surface area (Å²) in [5, 5.41) is 0. The van der Waals surface area contributed by atoms with Gasteiger partial charge in [-0.15, -0.1) is 0 Å². The number of benzene rings is 1. The molecule has 1 aliphatic rings. The summed E-state index contributed by atoms with van der Waals surface area (Å²) in [6.45, 7) is 6.63. The Morgan fingerprint density at radius 1 is 1.00 bits per heavy atom. The molecule has 0 nitrogen and oxygen atoms in total. The van der Waals surface area contributed by atoms with Crippen LogP contribution in [0.25, 0.3) is 0 Å². The molecule has 0 aliphatic heterocycles. The molecule has 0 radical (unpaired) electrons. The van der Waals surface area contributed by atoms with Crippen LogP contribution >= 0.6 is 0 Å². The van der Waals surface area contributed by atoms with Gasteiger partial charge in [-0.05, 0) is 0 Å². The van der Waals surface area contributed by atoms with Gasteiger partial charge in [0, 0.05) is 0 Å². The zero-order chi connectivity index (χ0) is 11.7. The first-order chi connectivity index (χ1) is 7.58. The molecule has 2 rings (SSSR count). The van der Waals surface area contributed by atoms with Crippen molar-refractivity contribution in [1.29, 1.82) is 0 Å². The van der Waals surface area contributed by atoms with E-state index in [1.807, 2.05) is 0 Å². The molecule has 0 saturated carbocycles. The smallest absolute Gasteiger partial charge is 1.00 e. The number of aryl methyl sites for hydroxylation is 3. The maximum absolute atomic E-state index is 2.29. The quantitative estimate of drug-likeness (QED) is 0.468. The summed E-state index contributed by atoms with van der Waals surface area (Å²) in [6.07, 6.45) is 6.77. The van der Waals surface area contributed by atoms with E-state index >= 15 is 0 Å². The van der Waals surface area contributed by atoms with E-state index in [1.54, 1.807) is 5.57 Å². The second kappa shape index (κ2) is 9.26. The summed E-state index contributed by atoms with van der Waals surface area (Å²) >= 11 is 2.22. The molecule has 0 aromatic heterocycles. The van der Waals surface area contributed by atoms with Crippen LogP contribution in [-0.2, 0) is 26.9 Å². The number of allylic oxidation sites excluding steroid dienone is 4. The molecule has 0 amide bonds. The summed E-state index contributed by atoms with van der Waals surface area (Å²) in [4.78, 5) is 0. The minimum Gasteiger partial charge on any atom is -1.00 e. The number of hydrogen-bond acceptors (Lipinski definition) is 0. The summed E-state index contributed by atoms with van der Waals surface area (Å²) in [7, 11) is 0. The fourth-order valence-electron chi connectivity index (χ4n) is 2.42. The molecule has 102 valence electrons. The molecular formula is C15H17Cl3Ti. The minimum absolute atomic E-state index is 0. The molecule has 0 bridgehead atoms. The normalized spacial score (nSPS) is 12.7. The van der Waals surface area contributed by atoms with Crippen molar-refractivity contribution in [2.45, 2.75) is 33.6 Å². The first-order valence-electron chi connectivity index (χ1n) is 5.75. The van der Waals surface area contributed by atoms with Crippen molar-refractivity contribution in [2.75, 3.05) is 0 Å². The largest absolute Gasteiger partial charge is 1.00 e. The van der Waals surface area contributed by atoms with Crippen molar-refractivity contribution in [2.24, 2.45) is 0 Å². The Morgan fingerprint density at radius 2 is 1.53 bits per heavy atom. The van der Waals surface area contributed by atoms with E-state index < -0.39 is 0 Å². The zero-order valence-electron chi connectivity index (χ0n) is 11.4. The molecule has 4 heteroatoms. The van der Waals surface area contributed by atoms with Crippen LogP contribution in [-0.4, -0.2) is 0 Å². The molecule has 1 aromatic carbocycles. The number of hydrogen-bond donors (Lipinski definition) is 0. The Morgan fingerprint density at radius 3 is 1.95 bits per heavy atom. The van der Waals surface area contributed by atoms with Crippen LogP contribution in [0.15, 0.2) is 33.7 Å². The van der Waals surface area contributed by atoms with Crippen LogP contribution in [0.2, 0.25) is 0 Å². The van der Waals surface area contributed by atoms with Crippen LogP contribution in [0, 0.1) is 20.8 Å². The van der Waals surface area contributed by atoms with E-state index in [9.17, 15) is 0 Å². The van der Waals surface area contributed by atoms with Crippen molar-refractivity contribution in [3.63, 3.8) is 0 Å². The number of rotatable bonds is 2. The molecule has 1 aromatic rings. The first kappa shape index (κ1) is 21.6. The SMILES string of the molecule is Cc1cc(C)c(CC2=[C]([Ti+3])C=CC2)c(C)c1.[Cl-].[Cl-].[Cl-]. The molecule has 0 unspecified atom stereocenters. The van der Waals surface area contributed by atoms with E-state index in [4.69, 9.17) is 0 Å². The average molecular weight is 352 g/mol. The Bertz CT molecular complexity index is 467. The molecule has 0 N–H and O–H groups in total. The number of halogens is 3. The zero-order valence-corrected chi connectivity index (χ0v) is 15.2. The Labute approximate surface area is 146 Å². The molecule has 1 aliphatic carbocycles. The van der Waals surface area contributed by atoms with Crippen LogP contribution in [0.5, 0.6) is 0 Å². The van der Waals surface area contributed by atoms with Crippen LogP contribution in [0.1, 0.15) is 28.7 Å². The van der Waals surface area contributed by atoms with Crippen molar-refractivity contribution in [1.82, 2.24) is 0 Å². The summed E-state index contributed by atoms with van der Waals surface area (Å²) in [5.41, 5.74) is 7.34. The molecule has 0 atom stereocenters. The predicted octanol–water partition coefficient (Wildman–Crippen LogP) is -5.07. The van der Waals surface area contributed by atoms with E-state index in [1.165, 1.54) is 26.1 Å². The second-order valence-electron chi connectivity index (χ2n) is 4.68. The maximum Gasteiger partial charge on any atom is -1.00 e. The van der Waals surface area contributed by atoms with Gasteiger partial charge in [0.1, 0.15) is 0 Å². The first-order valence-corrected chi connectivity index (χ1v) is 6.53.